The molecule has 1 aromatic heterocycles. The minimum absolute atomic E-state index is 0.257. The molecule has 0 bridgehead atoms. The summed E-state index contributed by atoms with van der Waals surface area (Å²) < 4.78 is 12.9. The van der Waals surface area contributed by atoms with E-state index in [0.717, 1.165) is 39.7 Å². The van der Waals surface area contributed by atoms with E-state index in [1.165, 1.54) is 0 Å². The van der Waals surface area contributed by atoms with Crippen LogP contribution in [0.3, 0.4) is 0 Å². The van der Waals surface area contributed by atoms with Gasteiger partial charge in [0.05, 0.1) is 17.1 Å². The Morgan fingerprint density at radius 1 is 0.778 bits per heavy atom. The van der Waals surface area contributed by atoms with Gasteiger partial charge in [-0.3, -0.25) is 0 Å². The van der Waals surface area contributed by atoms with E-state index in [-0.39, 0.29) is 6.79 Å². The highest BCUT2D eigenvalue weighted by Crippen LogP contribution is 2.37. The fraction of sp³-hybridized carbons (Fsp3) is 0.0455. The average molecular weight is 375 g/mol. The van der Waals surface area contributed by atoms with Crippen LogP contribution >= 0.6 is 11.6 Å². The van der Waals surface area contributed by atoms with Gasteiger partial charge in [0.15, 0.2) is 11.5 Å². The second kappa shape index (κ2) is 6.49. The fourth-order valence-electron chi connectivity index (χ4n) is 3.17. The Labute approximate surface area is 161 Å². The Morgan fingerprint density at radius 3 is 2.33 bits per heavy atom. The van der Waals surface area contributed by atoms with Gasteiger partial charge in [0.25, 0.3) is 0 Å². The number of hydrogen-bond acceptors (Lipinski definition) is 3. The van der Waals surface area contributed by atoms with Crippen molar-refractivity contribution in [2.24, 2.45) is 0 Å². The lowest BCUT2D eigenvalue weighted by atomic mass is 10.1. The lowest BCUT2D eigenvalue weighted by Crippen LogP contribution is -1.99. The monoisotopic (exact) mass is 374 g/mol. The molecule has 4 nitrogen and oxygen atoms in total. The van der Waals surface area contributed by atoms with Gasteiger partial charge in [-0.15, -0.1) is 0 Å². The molecule has 132 valence electrons. The maximum absolute atomic E-state index is 6.03. The molecule has 0 atom stereocenters. The Morgan fingerprint density at radius 2 is 1.52 bits per heavy atom. The van der Waals surface area contributed by atoms with Crippen LogP contribution < -0.4 is 9.47 Å². The molecule has 0 aliphatic carbocycles. The zero-order chi connectivity index (χ0) is 18.2. The van der Waals surface area contributed by atoms with E-state index in [9.17, 15) is 0 Å². The summed E-state index contributed by atoms with van der Waals surface area (Å²) in [5, 5.41) is 5.56. The third-order valence-corrected chi connectivity index (χ3v) is 4.77. The smallest absolute Gasteiger partial charge is 0.231 e. The normalized spacial score (nSPS) is 12.3. The van der Waals surface area contributed by atoms with Gasteiger partial charge in [0, 0.05) is 16.1 Å². The number of nitrogens with zero attached hydrogens (tertiary/aromatic N) is 2. The van der Waals surface area contributed by atoms with Gasteiger partial charge in [0.1, 0.15) is 0 Å². The summed E-state index contributed by atoms with van der Waals surface area (Å²) in [6, 6.07) is 25.8. The molecule has 0 N–H and O–H groups in total. The molecule has 0 fully saturated rings. The van der Waals surface area contributed by atoms with Crippen molar-refractivity contribution in [1.82, 2.24) is 9.78 Å². The molecule has 2 heterocycles. The zero-order valence-electron chi connectivity index (χ0n) is 14.3. The van der Waals surface area contributed by atoms with E-state index in [2.05, 4.69) is 6.07 Å². The molecule has 3 aromatic carbocycles. The zero-order valence-corrected chi connectivity index (χ0v) is 15.1. The van der Waals surface area contributed by atoms with Crippen LogP contribution in [0.15, 0.2) is 78.9 Å². The van der Waals surface area contributed by atoms with Gasteiger partial charge < -0.3 is 9.47 Å². The van der Waals surface area contributed by atoms with Gasteiger partial charge in [-0.2, -0.15) is 5.10 Å². The fourth-order valence-corrected chi connectivity index (χ4v) is 3.30. The third-order valence-electron chi connectivity index (χ3n) is 4.52. The SMILES string of the molecule is Clc1ccc(-c2cc(-c3ccc4c(c3)OCO4)n(-c3ccccc3)n2)cc1. The van der Waals surface area contributed by atoms with Crippen molar-refractivity contribution in [2.45, 2.75) is 0 Å². The number of fused-ring (bicyclic) bond motifs is 1. The lowest BCUT2D eigenvalue weighted by molar-refractivity contribution is 0.174. The van der Waals surface area contributed by atoms with E-state index in [1.54, 1.807) is 0 Å². The number of halogens is 1. The lowest BCUT2D eigenvalue weighted by Gasteiger charge is -2.08. The highest BCUT2D eigenvalue weighted by Gasteiger charge is 2.18. The van der Waals surface area contributed by atoms with Crippen LogP contribution in [-0.4, -0.2) is 16.6 Å². The summed E-state index contributed by atoms with van der Waals surface area (Å²) in [4.78, 5) is 0. The first-order valence-electron chi connectivity index (χ1n) is 8.59. The second-order valence-corrected chi connectivity index (χ2v) is 6.67. The molecule has 4 aromatic rings. The second-order valence-electron chi connectivity index (χ2n) is 6.24. The van der Waals surface area contributed by atoms with Crippen molar-refractivity contribution in [1.29, 1.82) is 0 Å². The van der Waals surface area contributed by atoms with Crippen molar-refractivity contribution in [2.75, 3.05) is 6.79 Å². The summed E-state index contributed by atoms with van der Waals surface area (Å²) in [5.74, 6) is 1.52. The molecule has 1 aliphatic rings. The van der Waals surface area contributed by atoms with Crippen molar-refractivity contribution in [3.8, 4) is 39.7 Å². The van der Waals surface area contributed by atoms with Gasteiger partial charge >= 0.3 is 0 Å². The van der Waals surface area contributed by atoms with Crippen LogP contribution in [0.4, 0.5) is 0 Å². The van der Waals surface area contributed by atoms with E-state index < -0.39 is 0 Å². The average Bonchev–Trinajstić information content (AvgIpc) is 3.36. The Kier molecular flexibility index (Phi) is 3.84. The molecule has 0 spiro atoms. The standard InChI is InChI=1S/C22H15ClN2O2/c23-17-9-6-15(7-10-17)19-13-20(25(24-19)18-4-2-1-3-5-18)16-8-11-21-22(12-16)27-14-26-21/h1-13H,14H2. The van der Waals surface area contributed by atoms with Crippen LogP contribution in [0, 0.1) is 0 Å². The number of ether oxygens (including phenoxy) is 2. The number of para-hydroxylation sites is 1. The van der Waals surface area contributed by atoms with Gasteiger partial charge in [-0.05, 0) is 48.5 Å². The number of hydrogen-bond donors (Lipinski definition) is 0. The molecule has 27 heavy (non-hydrogen) atoms. The minimum atomic E-state index is 0.257. The Hall–Kier alpha value is -3.24. The highest BCUT2D eigenvalue weighted by molar-refractivity contribution is 6.30. The van der Waals surface area contributed by atoms with E-state index >= 15 is 0 Å². The first-order chi connectivity index (χ1) is 13.3. The number of benzene rings is 3. The van der Waals surface area contributed by atoms with E-state index in [0.29, 0.717) is 5.02 Å². The number of aromatic nitrogens is 2. The summed E-state index contributed by atoms with van der Waals surface area (Å²) in [6.45, 7) is 0.257. The van der Waals surface area contributed by atoms with Crippen molar-refractivity contribution < 1.29 is 9.47 Å². The number of rotatable bonds is 3. The Bertz CT molecular complexity index is 1110. The molecule has 0 amide bonds. The summed E-state index contributed by atoms with van der Waals surface area (Å²) >= 11 is 6.03. The first-order valence-corrected chi connectivity index (χ1v) is 8.97. The predicted molar refractivity (Wildman–Crippen MR) is 106 cm³/mol. The first kappa shape index (κ1) is 16.0. The maximum Gasteiger partial charge on any atom is 0.231 e. The van der Waals surface area contributed by atoms with Crippen LogP contribution in [0.2, 0.25) is 5.02 Å². The Balaban J connectivity index is 1.68. The molecule has 1 aliphatic heterocycles. The molecule has 5 rings (SSSR count). The van der Waals surface area contributed by atoms with Gasteiger partial charge in [-0.25, -0.2) is 4.68 Å². The van der Waals surface area contributed by atoms with E-state index in [1.807, 2.05) is 77.5 Å². The van der Waals surface area contributed by atoms with Crippen molar-refractivity contribution in [3.05, 3.63) is 83.9 Å². The summed E-state index contributed by atoms with van der Waals surface area (Å²) in [6.07, 6.45) is 0. The van der Waals surface area contributed by atoms with Crippen LogP contribution in [-0.2, 0) is 0 Å². The van der Waals surface area contributed by atoms with Crippen LogP contribution in [0.1, 0.15) is 0 Å². The molecular formula is C22H15ClN2O2. The van der Waals surface area contributed by atoms with Crippen molar-refractivity contribution >= 4 is 11.6 Å². The molecule has 0 saturated carbocycles. The minimum Gasteiger partial charge on any atom is -0.454 e. The molecule has 0 unspecified atom stereocenters. The largest absolute Gasteiger partial charge is 0.454 e. The van der Waals surface area contributed by atoms with Crippen LogP contribution in [0.5, 0.6) is 11.5 Å². The summed E-state index contributed by atoms with van der Waals surface area (Å²) in [7, 11) is 0. The third kappa shape index (κ3) is 2.94. The van der Waals surface area contributed by atoms with Crippen LogP contribution in [0.25, 0.3) is 28.2 Å². The summed E-state index contributed by atoms with van der Waals surface area (Å²) in [5.41, 5.74) is 4.87. The highest BCUT2D eigenvalue weighted by atomic mass is 35.5. The maximum atomic E-state index is 6.03. The topological polar surface area (TPSA) is 36.3 Å². The van der Waals surface area contributed by atoms with Gasteiger partial charge in [0.2, 0.25) is 6.79 Å². The predicted octanol–water partition coefficient (Wildman–Crippen LogP) is 5.59. The van der Waals surface area contributed by atoms with Gasteiger partial charge in [-0.1, -0.05) is 41.9 Å². The molecular weight excluding hydrogens is 360 g/mol. The molecule has 0 saturated heterocycles. The van der Waals surface area contributed by atoms with E-state index in [4.69, 9.17) is 26.2 Å². The van der Waals surface area contributed by atoms with Crippen molar-refractivity contribution in [3.63, 3.8) is 0 Å². The molecule has 5 heteroatoms. The quantitative estimate of drug-likeness (QED) is 0.469. The molecule has 0 radical (unpaired) electrons.